The Kier molecular flexibility index (Phi) is 4.18. The summed E-state index contributed by atoms with van der Waals surface area (Å²) in [4.78, 5) is 11.0. The SMILES string of the molecule is CC(OCC1CCCC1)C(=O)NN. The zero-order chi connectivity index (χ0) is 9.68. The van der Waals surface area contributed by atoms with Crippen LogP contribution >= 0.6 is 0 Å². The molecule has 1 fully saturated rings. The second kappa shape index (κ2) is 5.19. The first-order chi connectivity index (χ1) is 6.24. The highest BCUT2D eigenvalue weighted by atomic mass is 16.5. The van der Waals surface area contributed by atoms with Crippen molar-refractivity contribution in [2.45, 2.75) is 38.7 Å². The quantitative estimate of drug-likeness (QED) is 0.383. The Labute approximate surface area is 78.8 Å². The number of hydrogen-bond donors (Lipinski definition) is 2. The second-order valence-corrected chi connectivity index (χ2v) is 3.63. The van der Waals surface area contributed by atoms with E-state index in [1.54, 1.807) is 6.92 Å². The van der Waals surface area contributed by atoms with E-state index in [1.165, 1.54) is 25.7 Å². The van der Waals surface area contributed by atoms with Gasteiger partial charge >= 0.3 is 0 Å². The molecular formula is C9H18N2O2. The molecule has 1 aliphatic rings. The zero-order valence-corrected chi connectivity index (χ0v) is 8.08. The third kappa shape index (κ3) is 3.32. The average molecular weight is 186 g/mol. The summed E-state index contributed by atoms with van der Waals surface area (Å²) >= 11 is 0. The molecule has 4 heteroatoms. The van der Waals surface area contributed by atoms with Crippen LogP contribution in [0.25, 0.3) is 0 Å². The summed E-state index contributed by atoms with van der Waals surface area (Å²) in [7, 11) is 0. The minimum atomic E-state index is -0.425. The van der Waals surface area contributed by atoms with Crippen molar-refractivity contribution in [3.8, 4) is 0 Å². The number of hydrazine groups is 1. The van der Waals surface area contributed by atoms with Gasteiger partial charge in [0.25, 0.3) is 5.91 Å². The maximum Gasteiger partial charge on any atom is 0.262 e. The molecular weight excluding hydrogens is 168 g/mol. The number of carbonyl (C=O) groups is 1. The lowest BCUT2D eigenvalue weighted by molar-refractivity contribution is -0.132. The second-order valence-electron chi connectivity index (χ2n) is 3.63. The zero-order valence-electron chi connectivity index (χ0n) is 8.08. The first-order valence-electron chi connectivity index (χ1n) is 4.86. The van der Waals surface area contributed by atoms with Crippen LogP contribution in [0.4, 0.5) is 0 Å². The van der Waals surface area contributed by atoms with Crippen molar-refractivity contribution in [3.63, 3.8) is 0 Å². The van der Waals surface area contributed by atoms with Crippen LogP contribution in [0.15, 0.2) is 0 Å². The molecule has 0 aromatic carbocycles. The summed E-state index contributed by atoms with van der Waals surface area (Å²) in [5.41, 5.74) is 2.08. The van der Waals surface area contributed by atoms with E-state index in [4.69, 9.17) is 10.6 Å². The van der Waals surface area contributed by atoms with Crippen LogP contribution < -0.4 is 11.3 Å². The minimum absolute atomic E-state index is 0.252. The Morgan fingerprint density at radius 1 is 1.62 bits per heavy atom. The van der Waals surface area contributed by atoms with Crippen LogP contribution in [0.5, 0.6) is 0 Å². The van der Waals surface area contributed by atoms with E-state index in [-0.39, 0.29) is 5.91 Å². The van der Waals surface area contributed by atoms with Crippen molar-refractivity contribution < 1.29 is 9.53 Å². The van der Waals surface area contributed by atoms with Gasteiger partial charge in [-0.25, -0.2) is 5.84 Å². The lowest BCUT2D eigenvalue weighted by atomic mass is 10.1. The van der Waals surface area contributed by atoms with E-state index in [1.807, 2.05) is 0 Å². The predicted molar refractivity (Wildman–Crippen MR) is 49.7 cm³/mol. The number of hydrogen-bond acceptors (Lipinski definition) is 3. The van der Waals surface area contributed by atoms with E-state index < -0.39 is 6.10 Å². The van der Waals surface area contributed by atoms with Gasteiger partial charge in [-0.1, -0.05) is 12.8 Å². The molecule has 0 aliphatic heterocycles. The maximum atomic E-state index is 11.0. The van der Waals surface area contributed by atoms with Gasteiger partial charge in [0, 0.05) is 0 Å². The lowest BCUT2D eigenvalue weighted by Crippen LogP contribution is -2.39. The lowest BCUT2D eigenvalue weighted by Gasteiger charge is -2.14. The van der Waals surface area contributed by atoms with Crippen LogP contribution in [0.2, 0.25) is 0 Å². The largest absolute Gasteiger partial charge is 0.368 e. The molecule has 0 bridgehead atoms. The molecule has 1 saturated carbocycles. The van der Waals surface area contributed by atoms with Crippen LogP contribution in [0.1, 0.15) is 32.6 Å². The fourth-order valence-electron chi connectivity index (χ4n) is 1.65. The maximum absolute atomic E-state index is 11.0. The highest BCUT2D eigenvalue weighted by Gasteiger charge is 2.18. The number of amides is 1. The van der Waals surface area contributed by atoms with Crippen molar-refractivity contribution in [2.24, 2.45) is 11.8 Å². The van der Waals surface area contributed by atoms with Crippen molar-refractivity contribution in [1.29, 1.82) is 0 Å². The number of nitrogens with one attached hydrogen (secondary N) is 1. The van der Waals surface area contributed by atoms with Gasteiger partial charge in [0.1, 0.15) is 6.10 Å². The van der Waals surface area contributed by atoms with Gasteiger partial charge in [0.2, 0.25) is 0 Å². The first-order valence-corrected chi connectivity index (χ1v) is 4.86. The standard InChI is InChI=1S/C9H18N2O2/c1-7(9(12)11-10)13-6-8-4-2-3-5-8/h7-8H,2-6,10H2,1H3,(H,11,12). The van der Waals surface area contributed by atoms with Crippen molar-refractivity contribution in [1.82, 2.24) is 5.43 Å². The molecule has 13 heavy (non-hydrogen) atoms. The number of rotatable bonds is 4. The van der Waals surface area contributed by atoms with E-state index in [0.29, 0.717) is 12.5 Å². The molecule has 1 atom stereocenters. The molecule has 1 aliphatic carbocycles. The van der Waals surface area contributed by atoms with Gasteiger partial charge in [0.05, 0.1) is 6.61 Å². The smallest absolute Gasteiger partial charge is 0.262 e. The van der Waals surface area contributed by atoms with E-state index in [9.17, 15) is 4.79 Å². The molecule has 76 valence electrons. The van der Waals surface area contributed by atoms with Gasteiger partial charge in [-0.3, -0.25) is 10.2 Å². The van der Waals surface area contributed by atoms with Crippen LogP contribution in [-0.2, 0) is 9.53 Å². The molecule has 0 saturated heterocycles. The average Bonchev–Trinajstić information content (AvgIpc) is 2.65. The Balaban J connectivity index is 2.13. The Morgan fingerprint density at radius 3 is 2.77 bits per heavy atom. The summed E-state index contributed by atoms with van der Waals surface area (Å²) in [5.74, 6) is 5.37. The molecule has 0 heterocycles. The van der Waals surface area contributed by atoms with Gasteiger partial charge in [0.15, 0.2) is 0 Å². The summed E-state index contributed by atoms with van der Waals surface area (Å²) in [6.45, 7) is 2.41. The predicted octanol–water partition coefficient (Wildman–Crippen LogP) is 0.572. The van der Waals surface area contributed by atoms with Crippen LogP contribution in [0.3, 0.4) is 0 Å². The molecule has 1 unspecified atom stereocenters. The van der Waals surface area contributed by atoms with Gasteiger partial charge in [-0.05, 0) is 25.7 Å². The summed E-state index contributed by atoms with van der Waals surface area (Å²) in [6.07, 6.45) is 4.64. The third-order valence-electron chi connectivity index (χ3n) is 2.57. The highest BCUT2D eigenvalue weighted by molar-refractivity contribution is 5.79. The normalized spacial score (nSPS) is 20.2. The molecule has 0 spiro atoms. The van der Waals surface area contributed by atoms with E-state index in [2.05, 4.69) is 5.43 Å². The monoisotopic (exact) mass is 186 g/mol. The van der Waals surface area contributed by atoms with Crippen molar-refractivity contribution in [3.05, 3.63) is 0 Å². The molecule has 4 nitrogen and oxygen atoms in total. The Morgan fingerprint density at radius 2 is 2.23 bits per heavy atom. The first kappa shape index (κ1) is 10.5. The fourth-order valence-corrected chi connectivity index (χ4v) is 1.65. The van der Waals surface area contributed by atoms with Gasteiger partial charge in [-0.2, -0.15) is 0 Å². The summed E-state index contributed by atoms with van der Waals surface area (Å²) in [6, 6.07) is 0. The molecule has 0 radical (unpaired) electrons. The van der Waals surface area contributed by atoms with E-state index >= 15 is 0 Å². The molecule has 1 amide bonds. The van der Waals surface area contributed by atoms with E-state index in [0.717, 1.165) is 0 Å². The van der Waals surface area contributed by atoms with Gasteiger partial charge in [-0.15, -0.1) is 0 Å². The van der Waals surface area contributed by atoms with Crippen LogP contribution in [0, 0.1) is 5.92 Å². The Hall–Kier alpha value is -0.610. The van der Waals surface area contributed by atoms with Crippen molar-refractivity contribution >= 4 is 5.91 Å². The summed E-state index contributed by atoms with van der Waals surface area (Å²) < 4.78 is 5.39. The summed E-state index contributed by atoms with van der Waals surface area (Å²) in [5, 5.41) is 0. The Bertz CT molecular complexity index is 167. The molecule has 0 aromatic rings. The highest BCUT2D eigenvalue weighted by Crippen LogP contribution is 2.24. The molecule has 1 rings (SSSR count). The topological polar surface area (TPSA) is 64.3 Å². The third-order valence-corrected chi connectivity index (χ3v) is 2.57. The molecule has 0 aromatic heterocycles. The number of ether oxygens (including phenoxy) is 1. The number of carbonyl (C=O) groups excluding carboxylic acids is 1. The van der Waals surface area contributed by atoms with Gasteiger partial charge < -0.3 is 4.74 Å². The minimum Gasteiger partial charge on any atom is -0.368 e. The fraction of sp³-hybridized carbons (Fsp3) is 0.889. The molecule has 3 N–H and O–H groups in total. The van der Waals surface area contributed by atoms with Crippen molar-refractivity contribution in [2.75, 3.05) is 6.61 Å². The number of nitrogens with two attached hydrogens (primary N) is 1. The van der Waals surface area contributed by atoms with Crippen LogP contribution in [-0.4, -0.2) is 18.6 Å².